The third-order valence-corrected chi connectivity index (χ3v) is 7.29. The van der Waals surface area contributed by atoms with E-state index >= 15 is 0 Å². The highest BCUT2D eigenvalue weighted by Gasteiger charge is 2.26. The van der Waals surface area contributed by atoms with Gasteiger partial charge >= 0.3 is 0 Å². The maximum absolute atomic E-state index is 13.7. The molecular formula is C28H23NO4S. The molecule has 0 amide bonds. The Balaban J connectivity index is 1.47. The smallest absolute Gasteiger partial charge is 0.243 e. The van der Waals surface area contributed by atoms with Crippen LogP contribution in [0.3, 0.4) is 0 Å². The molecule has 6 heteroatoms. The third kappa shape index (κ3) is 4.88. The van der Waals surface area contributed by atoms with Crippen molar-refractivity contribution >= 4 is 20.8 Å². The average molecular weight is 470 g/mol. The Hall–Kier alpha value is -3.87. The van der Waals surface area contributed by atoms with E-state index in [1.54, 1.807) is 30.5 Å². The number of fused-ring (bicyclic) bond motifs is 1. The number of para-hydroxylation sites is 1. The summed E-state index contributed by atoms with van der Waals surface area (Å²) in [5.41, 5.74) is 0.810. The number of sulfonamides is 1. The lowest BCUT2D eigenvalue weighted by atomic mass is 10.1. The summed E-state index contributed by atoms with van der Waals surface area (Å²) in [4.78, 5) is 0.245. The van der Waals surface area contributed by atoms with E-state index in [0.717, 1.165) is 22.1 Å². The molecule has 0 aliphatic rings. The molecule has 4 aromatic carbocycles. The van der Waals surface area contributed by atoms with Gasteiger partial charge in [-0.1, -0.05) is 60.7 Å². The van der Waals surface area contributed by atoms with E-state index in [1.807, 2.05) is 84.9 Å². The summed E-state index contributed by atoms with van der Waals surface area (Å²) in [5, 5.41) is 1.87. The lowest BCUT2D eigenvalue weighted by molar-refractivity contribution is 0.358. The average Bonchev–Trinajstić information content (AvgIpc) is 3.37. The second kappa shape index (κ2) is 9.55. The van der Waals surface area contributed by atoms with Crippen LogP contribution in [0.2, 0.25) is 0 Å². The zero-order chi connectivity index (χ0) is 23.4. The number of hydrogen-bond acceptors (Lipinski definition) is 4. The Morgan fingerprint density at radius 3 is 2.24 bits per heavy atom. The minimum absolute atomic E-state index is 0.117. The highest BCUT2D eigenvalue weighted by atomic mass is 32.2. The van der Waals surface area contributed by atoms with Crippen molar-refractivity contribution in [2.24, 2.45) is 0 Å². The minimum atomic E-state index is -3.81. The van der Waals surface area contributed by atoms with Crippen molar-refractivity contribution in [2.75, 3.05) is 0 Å². The van der Waals surface area contributed by atoms with Crippen LogP contribution in [0.15, 0.2) is 125 Å². The predicted octanol–water partition coefficient (Wildman–Crippen LogP) is 6.62. The van der Waals surface area contributed by atoms with E-state index in [9.17, 15) is 8.42 Å². The van der Waals surface area contributed by atoms with Crippen molar-refractivity contribution in [3.05, 3.63) is 127 Å². The molecule has 5 aromatic rings. The Kier molecular flexibility index (Phi) is 6.16. The quantitative estimate of drug-likeness (QED) is 0.256. The zero-order valence-electron chi connectivity index (χ0n) is 18.4. The van der Waals surface area contributed by atoms with Crippen LogP contribution < -0.4 is 4.74 Å². The summed E-state index contributed by atoms with van der Waals surface area (Å²) in [6.07, 6.45) is 1.55. The first-order valence-corrected chi connectivity index (χ1v) is 12.4. The zero-order valence-corrected chi connectivity index (χ0v) is 19.2. The van der Waals surface area contributed by atoms with Crippen molar-refractivity contribution < 1.29 is 17.6 Å². The molecule has 0 radical (unpaired) electrons. The molecule has 0 saturated heterocycles. The van der Waals surface area contributed by atoms with E-state index in [4.69, 9.17) is 9.15 Å². The summed E-state index contributed by atoms with van der Waals surface area (Å²) in [6.45, 7) is 0.285. The highest BCUT2D eigenvalue weighted by molar-refractivity contribution is 7.89. The molecule has 0 aliphatic carbocycles. The second-order valence-corrected chi connectivity index (χ2v) is 9.86. The van der Waals surface area contributed by atoms with Crippen molar-refractivity contribution in [1.82, 2.24) is 4.31 Å². The van der Waals surface area contributed by atoms with Crippen LogP contribution in [-0.2, 0) is 23.1 Å². The topological polar surface area (TPSA) is 59.8 Å². The monoisotopic (exact) mass is 469 g/mol. The fraction of sp³-hybridized carbons (Fsp3) is 0.0714. The molecule has 34 heavy (non-hydrogen) atoms. The summed E-state index contributed by atoms with van der Waals surface area (Å²) in [5.74, 6) is 1.93. The molecule has 5 nitrogen and oxygen atoms in total. The van der Waals surface area contributed by atoms with Crippen molar-refractivity contribution in [1.29, 1.82) is 0 Å². The Morgan fingerprint density at radius 2 is 1.44 bits per heavy atom. The van der Waals surface area contributed by atoms with Gasteiger partial charge in [0.1, 0.15) is 17.3 Å². The van der Waals surface area contributed by atoms with Gasteiger partial charge in [0.15, 0.2) is 0 Å². The van der Waals surface area contributed by atoms with Crippen molar-refractivity contribution in [2.45, 2.75) is 18.0 Å². The van der Waals surface area contributed by atoms with Gasteiger partial charge in [-0.2, -0.15) is 4.31 Å². The normalized spacial score (nSPS) is 11.7. The van der Waals surface area contributed by atoms with Crippen LogP contribution in [0.25, 0.3) is 10.8 Å². The van der Waals surface area contributed by atoms with Crippen LogP contribution in [0.1, 0.15) is 11.3 Å². The molecule has 0 saturated carbocycles. The fourth-order valence-corrected chi connectivity index (χ4v) is 5.25. The molecule has 170 valence electrons. The van der Waals surface area contributed by atoms with Crippen LogP contribution in [-0.4, -0.2) is 12.7 Å². The van der Waals surface area contributed by atoms with Crippen LogP contribution in [0.5, 0.6) is 11.5 Å². The highest BCUT2D eigenvalue weighted by Crippen LogP contribution is 2.27. The molecule has 1 heterocycles. The van der Waals surface area contributed by atoms with Gasteiger partial charge in [0.25, 0.3) is 0 Å². The summed E-state index contributed by atoms with van der Waals surface area (Å²) >= 11 is 0. The van der Waals surface area contributed by atoms with Gasteiger partial charge in [-0.15, -0.1) is 0 Å². The second-order valence-electron chi connectivity index (χ2n) is 7.92. The summed E-state index contributed by atoms with van der Waals surface area (Å²) in [7, 11) is -3.81. The van der Waals surface area contributed by atoms with E-state index in [2.05, 4.69) is 0 Å². The van der Waals surface area contributed by atoms with Gasteiger partial charge in [-0.25, -0.2) is 8.42 Å². The van der Waals surface area contributed by atoms with E-state index in [0.29, 0.717) is 11.5 Å². The summed E-state index contributed by atoms with van der Waals surface area (Å²) < 4.78 is 40.3. The van der Waals surface area contributed by atoms with E-state index in [-0.39, 0.29) is 18.0 Å². The molecule has 0 spiro atoms. The minimum Gasteiger partial charge on any atom is -0.468 e. The molecule has 0 aliphatic heterocycles. The largest absolute Gasteiger partial charge is 0.468 e. The molecule has 0 atom stereocenters. The lowest BCUT2D eigenvalue weighted by Crippen LogP contribution is -2.30. The lowest BCUT2D eigenvalue weighted by Gasteiger charge is -2.22. The molecule has 5 rings (SSSR count). The van der Waals surface area contributed by atoms with Crippen LogP contribution in [0, 0.1) is 0 Å². The van der Waals surface area contributed by atoms with Gasteiger partial charge in [0.05, 0.1) is 17.7 Å². The Bertz CT molecular complexity index is 1500. The van der Waals surface area contributed by atoms with Crippen LogP contribution >= 0.6 is 0 Å². The summed E-state index contributed by atoms with van der Waals surface area (Å²) in [6, 6.07) is 33.4. The van der Waals surface area contributed by atoms with Gasteiger partial charge in [0.2, 0.25) is 10.0 Å². The van der Waals surface area contributed by atoms with Crippen LogP contribution in [0.4, 0.5) is 0 Å². The van der Waals surface area contributed by atoms with E-state index in [1.165, 1.54) is 4.31 Å². The van der Waals surface area contributed by atoms with Gasteiger partial charge in [-0.3, -0.25) is 0 Å². The molecule has 1 aromatic heterocycles. The molecule has 0 bridgehead atoms. The Morgan fingerprint density at radius 1 is 0.676 bits per heavy atom. The number of rotatable bonds is 8. The predicted molar refractivity (Wildman–Crippen MR) is 132 cm³/mol. The van der Waals surface area contributed by atoms with Gasteiger partial charge in [0, 0.05) is 6.54 Å². The first kappa shape index (κ1) is 21.9. The number of hydrogen-bond donors (Lipinski definition) is 0. The van der Waals surface area contributed by atoms with Crippen molar-refractivity contribution in [3.63, 3.8) is 0 Å². The number of ether oxygens (including phenoxy) is 1. The standard InChI is InChI=1S/C28H23NO4S/c30-34(31,28-16-15-23-9-4-5-10-24(23)19-28)29(21-27-14-7-17-32-27)20-22-8-6-13-26(18-22)33-25-11-2-1-3-12-25/h1-19H,20-21H2. The van der Waals surface area contributed by atoms with Crippen molar-refractivity contribution in [3.8, 4) is 11.5 Å². The maximum Gasteiger partial charge on any atom is 0.243 e. The van der Waals surface area contributed by atoms with E-state index < -0.39 is 10.0 Å². The van der Waals surface area contributed by atoms with Gasteiger partial charge < -0.3 is 9.15 Å². The first-order chi connectivity index (χ1) is 16.6. The molecular weight excluding hydrogens is 446 g/mol. The number of furan rings is 1. The molecule has 0 unspecified atom stereocenters. The third-order valence-electron chi connectivity index (χ3n) is 5.51. The molecule has 0 fully saturated rings. The first-order valence-electron chi connectivity index (χ1n) is 10.9. The number of nitrogens with zero attached hydrogens (tertiary/aromatic N) is 1. The SMILES string of the molecule is O=S(=O)(c1ccc2ccccc2c1)N(Cc1cccc(Oc2ccccc2)c1)Cc1ccco1. The van der Waals surface area contributed by atoms with Gasteiger partial charge in [-0.05, 0) is 64.9 Å². The maximum atomic E-state index is 13.7. The molecule has 0 N–H and O–H groups in total. The Labute approximate surface area is 198 Å². The fourth-order valence-electron chi connectivity index (χ4n) is 3.81. The number of benzene rings is 4.